The van der Waals surface area contributed by atoms with Crippen LogP contribution < -0.4 is 5.32 Å². The average Bonchev–Trinajstić information content (AvgIpc) is 3.72. The molecule has 3 N–H and O–H groups in total. The Morgan fingerprint density at radius 1 is 1.00 bits per heavy atom. The number of nitrogens with zero attached hydrogens (tertiary/aromatic N) is 4. The van der Waals surface area contributed by atoms with Gasteiger partial charge in [-0.1, -0.05) is 55.5 Å². The van der Waals surface area contributed by atoms with Gasteiger partial charge in [0.1, 0.15) is 12.1 Å². The largest absolute Gasteiger partial charge is 0.399 e. The van der Waals surface area contributed by atoms with Gasteiger partial charge in [0.05, 0.1) is 12.0 Å². The molecule has 0 bridgehead atoms. The molecule has 0 aromatic heterocycles. The van der Waals surface area contributed by atoms with Crippen LogP contribution in [0.25, 0.3) is 10.8 Å². The van der Waals surface area contributed by atoms with Gasteiger partial charge in [0.2, 0.25) is 11.8 Å². The molecule has 0 aliphatic carbocycles. The molecule has 49 heavy (non-hydrogen) atoms. The van der Waals surface area contributed by atoms with Crippen molar-refractivity contribution in [3.8, 4) is 6.07 Å². The monoisotopic (exact) mass is 693 g/mol. The summed E-state index contributed by atoms with van der Waals surface area (Å²) < 4.78 is 40.3. The number of benzene rings is 3. The maximum absolute atomic E-state index is 14.4. The van der Waals surface area contributed by atoms with Gasteiger partial charge in [0.25, 0.3) is 5.91 Å². The highest BCUT2D eigenvalue weighted by Gasteiger charge is 2.51. The summed E-state index contributed by atoms with van der Waals surface area (Å²) in [6.07, 6.45) is 1.77. The molecule has 14 heteroatoms. The SMILES string of the molecule is CCN1CC[C@H]2CC[C@@H](C(=O)N3C[C@@H](C#N)[C@H](c4ccccc4)C3)N2C(=O)C(NC(=O)c2ccc3ccc(C(F)(F)P(=O)(O)O)cc3c2)C1. The molecule has 3 aliphatic rings. The molecule has 3 amide bonds. The Hall–Kier alpha value is -4.21. The molecule has 0 radical (unpaired) electrons. The van der Waals surface area contributed by atoms with Crippen molar-refractivity contribution in [1.29, 1.82) is 5.26 Å². The topological polar surface area (TPSA) is 154 Å². The Kier molecular flexibility index (Phi) is 9.61. The smallest absolute Gasteiger partial charge is 0.339 e. The predicted molar refractivity (Wildman–Crippen MR) is 176 cm³/mol. The lowest BCUT2D eigenvalue weighted by Gasteiger charge is -2.39. The third-order valence-electron chi connectivity index (χ3n) is 10.2. The van der Waals surface area contributed by atoms with Crippen LogP contribution in [0, 0.1) is 17.2 Å². The van der Waals surface area contributed by atoms with E-state index in [0.29, 0.717) is 44.3 Å². The number of hydrogen-bond donors (Lipinski definition) is 3. The zero-order chi connectivity index (χ0) is 35.1. The number of alkyl halides is 2. The van der Waals surface area contributed by atoms with E-state index in [0.717, 1.165) is 17.7 Å². The second-order valence-corrected chi connectivity index (χ2v) is 14.7. The third-order valence-corrected chi connectivity index (χ3v) is 11.1. The summed E-state index contributed by atoms with van der Waals surface area (Å²) in [6, 6.07) is 17.5. The highest BCUT2D eigenvalue weighted by molar-refractivity contribution is 7.52. The van der Waals surface area contributed by atoms with Gasteiger partial charge >= 0.3 is 13.3 Å². The first-order chi connectivity index (χ1) is 23.3. The Morgan fingerprint density at radius 3 is 2.43 bits per heavy atom. The van der Waals surface area contributed by atoms with Gasteiger partial charge < -0.3 is 29.8 Å². The van der Waals surface area contributed by atoms with Crippen molar-refractivity contribution in [1.82, 2.24) is 20.0 Å². The molecule has 3 saturated heterocycles. The van der Waals surface area contributed by atoms with Crippen LogP contribution in [-0.2, 0) is 19.8 Å². The number of fused-ring (bicyclic) bond motifs is 2. The van der Waals surface area contributed by atoms with E-state index in [4.69, 9.17) is 0 Å². The molecule has 3 aromatic rings. The van der Waals surface area contributed by atoms with E-state index in [1.54, 1.807) is 9.80 Å². The molecule has 5 atom stereocenters. The summed E-state index contributed by atoms with van der Waals surface area (Å²) in [4.78, 5) is 65.7. The zero-order valence-electron chi connectivity index (χ0n) is 26.9. The fourth-order valence-electron chi connectivity index (χ4n) is 7.42. The first-order valence-corrected chi connectivity index (χ1v) is 18.0. The molecular weight excluding hydrogens is 655 g/mol. The molecular formula is C35H38F2N5O6P. The Balaban J connectivity index is 1.23. The van der Waals surface area contributed by atoms with Crippen LogP contribution in [0.5, 0.6) is 0 Å². The van der Waals surface area contributed by atoms with Crippen molar-refractivity contribution in [3.63, 3.8) is 0 Å². The first-order valence-electron chi connectivity index (χ1n) is 16.4. The number of nitrogens with one attached hydrogen (secondary N) is 1. The molecule has 1 unspecified atom stereocenters. The van der Waals surface area contributed by atoms with Gasteiger partial charge in [0, 0.05) is 49.3 Å². The molecule has 6 rings (SSSR count). The van der Waals surface area contributed by atoms with Crippen LogP contribution in [0.3, 0.4) is 0 Å². The number of carbonyl (C=O) groups excluding carboxylic acids is 3. The van der Waals surface area contributed by atoms with E-state index < -0.39 is 36.8 Å². The van der Waals surface area contributed by atoms with Crippen molar-refractivity contribution < 1.29 is 37.5 Å². The van der Waals surface area contributed by atoms with Gasteiger partial charge in [-0.05, 0) is 60.3 Å². The van der Waals surface area contributed by atoms with E-state index in [1.165, 1.54) is 24.3 Å². The van der Waals surface area contributed by atoms with Gasteiger partial charge in [-0.25, -0.2) is 0 Å². The van der Waals surface area contributed by atoms with Crippen molar-refractivity contribution in [3.05, 3.63) is 83.4 Å². The predicted octanol–water partition coefficient (Wildman–Crippen LogP) is 4.02. The molecule has 3 heterocycles. The summed E-state index contributed by atoms with van der Waals surface area (Å²) in [5.41, 5.74) is -4.25. The number of nitriles is 1. The second kappa shape index (κ2) is 13.6. The number of carbonyl (C=O) groups is 3. The first kappa shape index (κ1) is 34.6. The Labute approximate surface area is 282 Å². The lowest BCUT2D eigenvalue weighted by atomic mass is 9.90. The van der Waals surface area contributed by atoms with E-state index in [-0.39, 0.29) is 53.7 Å². The van der Waals surface area contributed by atoms with Crippen LogP contribution in [-0.4, -0.2) is 93.1 Å². The maximum atomic E-state index is 14.4. The average molecular weight is 694 g/mol. The van der Waals surface area contributed by atoms with Crippen molar-refractivity contribution >= 4 is 36.1 Å². The summed E-state index contributed by atoms with van der Waals surface area (Å²) in [6.45, 7) is 4.09. The number of hydrogen-bond acceptors (Lipinski definition) is 6. The molecule has 0 saturated carbocycles. The fourth-order valence-corrected chi connectivity index (χ4v) is 7.90. The lowest BCUT2D eigenvalue weighted by molar-refractivity contribution is -0.147. The minimum atomic E-state index is -5.80. The number of likely N-dealkylation sites (tertiary alicyclic amines) is 1. The summed E-state index contributed by atoms with van der Waals surface area (Å²) >= 11 is 0. The van der Waals surface area contributed by atoms with Crippen LogP contribution in [0.4, 0.5) is 8.78 Å². The van der Waals surface area contributed by atoms with E-state index in [2.05, 4.69) is 16.3 Å². The number of likely N-dealkylation sites (N-methyl/N-ethyl adjacent to an activating group) is 1. The number of amides is 3. The molecule has 0 spiro atoms. The Morgan fingerprint density at radius 2 is 1.73 bits per heavy atom. The van der Waals surface area contributed by atoms with E-state index in [9.17, 15) is 42.8 Å². The molecule has 3 aromatic carbocycles. The van der Waals surface area contributed by atoms with E-state index >= 15 is 0 Å². The van der Waals surface area contributed by atoms with Crippen molar-refractivity contribution in [2.24, 2.45) is 5.92 Å². The quantitative estimate of drug-likeness (QED) is 0.314. The highest BCUT2D eigenvalue weighted by Crippen LogP contribution is 2.59. The van der Waals surface area contributed by atoms with Gasteiger partial charge in [-0.2, -0.15) is 14.0 Å². The minimum Gasteiger partial charge on any atom is -0.339 e. The van der Waals surface area contributed by atoms with E-state index in [1.807, 2.05) is 37.3 Å². The fraction of sp³-hybridized carbons (Fsp3) is 0.429. The third kappa shape index (κ3) is 6.71. The summed E-state index contributed by atoms with van der Waals surface area (Å²) in [5.74, 6) is -1.73. The standard InChI is InChI=1S/C35H38F2N5O6P/c1-2-40-15-14-28-12-13-31(34(45)41-19-26(18-38)29(20-41)23-6-4-3-5-7-23)42(28)33(44)30(21-40)39-32(43)24-9-8-22-10-11-27(17-25(22)16-24)35(36,37)49(46,47)48/h3-11,16-17,26,28-31H,2,12-15,19-21H2,1H3,(H,39,43)(H2,46,47,48)/t26-,28-,29+,30?,31+/m1/s1. The minimum absolute atomic E-state index is 0.0687. The normalized spacial score (nSPS) is 25.1. The second-order valence-electron chi connectivity index (χ2n) is 13.1. The van der Waals surface area contributed by atoms with Crippen molar-refractivity contribution in [2.45, 2.75) is 55.9 Å². The summed E-state index contributed by atoms with van der Waals surface area (Å²) in [5, 5.41) is 13.4. The molecule has 258 valence electrons. The molecule has 3 fully saturated rings. The van der Waals surface area contributed by atoms with Gasteiger partial charge in [0.15, 0.2) is 0 Å². The number of rotatable bonds is 7. The van der Waals surface area contributed by atoms with Crippen LogP contribution >= 0.6 is 7.60 Å². The van der Waals surface area contributed by atoms with Crippen LogP contribution in [0.2, 0.25) is 0 Å². The Bertz CT molecular complexity index is 1850. The van der Waals surface area contributed by atoms with Gasteiger partial charge in [-0.15, -0.1) is 0 Å². The van der Waals surface area contributed by atoms with Crippen molar-refractivity contribution in [2.75, 3.05) is 32.7 Å². The van der Waals surface area contributed by atoms with Crippen LogP contribution in [0.1, 0.15) is 53.6 Å². The van der Waals surface area contributed by atoms with Crippen LogP contribution in [0.15, 0.2) is 66.7 Å². The molecule has 3 aliphatic heterocycles. The van der Waals surface area contributed by atoms with Gasteiger partial charge in [-0.3, -0.25) is 18.9 Å². The highest BCUT2D eigenvalue weighted by atomic mass is 31.2. The summed E-state index contributed by atoms with van der Waals surface area (Å²) in [7, 11) is -5.80. The number of halogens is 2. The molecule has 11 nitrogen and oxygen atoms in total. The maximum Gasteiger partial charge on any atom is 0.399 e. The lowest BCUT2D eigenvalue weighted by Crippen LogP contribution is -2.60. The zero-order valence-corrected chi connectivity index (χ0v) is 27.8.